The van der Waals surface area contributed by atoms with Gasteiger partial charge in [-0.1, -0.05) is 12.8 Å². The van der Waals surface area contributed by atoms with Crippen LogP contribution in [0.2, 0.25) is 0 Å². The van der Waals surface area contributed by atoms with Gasteiger partial charge in [0.05, 0.1) is 14.2 Å². The molecule has 1 amide bonds. The minimum atomic E-state index is -3.78. The molecule has 2 aliphatic rings. The zero-order valence-electron chi connectivity index (χ0n) is 16.2. The van der Waals surface area contributed by atoms with Crippen LogP contribution in [0.25, 0.3) is 0 Å². The van der Waals surface area contributed by atoms with Gasteiger partial charge in [0, 0.05) is 31.6 Å². The molecular weight excluding hydrogens is 368 g/mol. The second kappa shape index (κ2) is 8.06. The lowest BCUT2D eigenvalue weighted by molar-refractivity contribution is -0.129. The summed E-state index contributed by atoms with van der Waals surface area (Å²) in [5.74, 6) is 0.891. The number of likely N-dealkylation sites (tertiary alicyclic amines) is 1. The van der Waals surface area contributed by atoms with Crippen LogP contribution in [0.5, 0.6) is 11.5 Å². The molecule has 3 rings (SSSR count). The number of carbonyl (C=O) groups is 1. The minimum Gasteiger partial charge on any atom is -0.496 e. The Bertz CT molecular complexity index is 803. The van der Waals surface area contributed by atoms with Crippen LogP contribution >= 0.6 is 0 Å². The van der Waals surface area contributed by atoms with Crippen molar-refractivity contribution < 1.29 is 22.7 Å². The molecule has 1 aromatic carbocycles. The Morgan fingerprint density at radius 3 is 2.44 bits per heavy atom. The summed E-state index contributed by atoms with van der Waals surface area (Å²) in [6, 6.07) is 3.45. The average molecular weight is 397 g/mol. The van der Waals surface area contributed by atoms with Crippen LogP contribution in [0.3, 0.4) is 0 Å². The molecule has 0 unspecified atom stereocenters. The summed E-state index contributed by atoms with van der Waals surface area (Å²) in [5, 5.41) is 0. The smallest absolute Gasteiger partial charge is 0.244 e. The first kappa shape index (κ1) is 19.9. The molecule has 1 atom stereocenters. The van der Waals surface area contributed by atoms with Crippen LogP contribution < -0.4 is 14.2 Å². The number of aryl methyl sites for hydroxylation is 1. The predicted octanol–water partition coefficient (Wildman–Crippen LogP) is 2.08. The number of ether oxygens (including phenoxy) is 2. The monoisotopic (exact) mass is 396 g/mol. The Morgan fingerprint density at radius 1 is 1.15 bits per heavy atom. The first-order chi connectivity index (χ1) is 12.9. The largest absolute Gasteiger partial charge is 0.496 e. The van der Waals surface area contributed by atoms with Crippen LogP contribution in [0.15, 0.2) is 17.0 Å². The second-order valence-electron chi connectivity index (χ2n) is 7.38. The van der Waals surface area contributed by atoms with Gasteiger partial charge in [-0.25, -0.2) is 13.1 Å². The van der Waals surface area contributed by atoms with E-state index in [1.54, 1.807) is 6.07 Å². The van der Waals surface area contributed by atoms with Gasteiger partial charge in [0.1, 0.15) is 16.4 Å². The molecule has 1 N–H and O–H groups in total. The van der Waals surface area contributed by atoms with Crippen molar-refractivity contribution in [1.29, 1.82) is 0 Å². The maximum atomic E-state index is 12.8. The molecule has 0 spiro atoms. The van der Waals surface area contributed by atoms with Gasteiger partial charge >= 0.3 is 0 Å². The highest BCUT2D eigenvalue weighted by Crippen LogP contribution is 2.32. The topological polar surface area (TPSA) is 84.9 Å². The van der Waals surface area contributed by atoms with Gasteiger partial charge in [0.2, 0.25) is 15.9 Å². The number of carbonyl (C=O) groups excluding carboxylic acids is 1. The molecule has 0 bridgehead atoms. The highest BCUT2D eigenvalue weighted by Gasteiger charge is 2.36. The molecule has 1 aromatic rings. The van der Waals surface area contributed by atoms with Crippen molar-refractivity contribution in [2.24, 2.45) is 5.92 Å². The molecule has 7 nitrogen and oxygen atoms in total. The molecule has 1 saturated carbocycles. The number of nitrogens with one attached hydrogen (secondary N) is 1. The minimum absolute atomic E-state index is 0.00814. The maximum absolute atomic E-state index is 12.8. The van der Waals surface area contributed by atoms with Gasteiger partial charge in [-0.15, -0.1) is 0 Å². The number of nitrogens with zero attached hydrogens (tertiary/aromatic N) is 1. The zero-order valence-corrected chi connectivity index (χ0v) is 17.0. The Hall–Kier alpha value is -1.80. The third kappa shape index (κ3) is 4.21. The average Bonchev–Trinajstić information content (AvgIpc) is 3.29. The van der Waals surface area contributed by atoms with Gasteiger partial charge in [0.25, 0.3) is 0 Å². The number of hydrogen-bond acceptors (Lipinski definition) is 5. The Kier molecular flexibility index (Phi) is 5.95. The third-order valence-electron chi connectivity index (χ3n) is 5.54. The number of methoxy groups -OCH3 is 2. The third-order valence-corrected chi connectivity index (χ3v) is 6.98. The summed E-state index contributed by atoms with van der Waals surface area (Å²) in [5.41, 5.74) is 0.793. The lowest BCUT2D eigenvalue weighted by Gasteiger charge is -2.24. The lowest BCUT2D eigenvalue weighted by Crippen LogP contribution is -2.36. The van der Waals surface area contributed by atoms with Crippen LogP contribution in [-0.2, 0) is 14.8 Å². The highest BCUT2D eigenvalue weighted by atomic mass is 32.2. The van der Waals surface area contributed by atoms with Crippen molar-refractivity contribution >= 4 is 15.9 Å². The van der Waals surface area contributed by atoms with Crippen molar-refractivity contribution in [1.82, 2.24) is 9.62 Å². The Morgan fingerprint density at radius 2 is 1.81 bits per heavy atom. The zero-order chi connectivity index (χ0) is 19.6. The van der Waals surface area contributed by atoms with Crippen LogP contribution in [0, 0.1) is 12.8 Å². The van der Waals surface area contributed by atoms with E-state index in [0.29, 0.717) is 24.8 Å². The number of rotatable bonds is 7. The molecule has 8 heteroatoms. The summed E-state index contributed by atoms with van der Waals surface area (Å²) in [6.07, 6.45) is 4.85. The van der Waals surface area contributed by atoms with Crippen molar-refractivity contribution in [2.75, 3.05) is 27.3 Å². The maximum Gasteiger partial charge on any atom is 0.244 e. The van der Waals surface area contributed by atoms with Crippen molar-refractivity contribution in [3.05, 3.63) is 17.7 Å². The van der Waals surface area contributed by atoms with Gasteiger partial charge in [-0.05, 0) is 37.3 Å². The van der Waals surface area contributed by atoms with E-state index in [-0.39, 0.29) is 29.0 Å². The van der Waals surface area contributed by atoms with E-state index in [4.69, 9.17) is 9.47 Å². The van der Waals surface area contributed by atoms with Gasteiger partial charge < -0.3 is 14.4 Å². The van der Waals surface area contributed by atoms with Crippen molar-refractivity contribution in [2.45, 2.75) is 50.0 Å². The summed E-state index contributed by atoms with van der Waals surface area (Å²) < 4.78 is 38.8. The fraction of sp³-hybridized carbons (Fsp3) is 0.632. The summed E-state index contributed by atoms with van der Waals surface area (Å²) in [6.45, 7) is 2.68. The standard InChI is InChI=1S/C19H28N2O5S/c1-13-8-17(26-3)18(10-16(13)25-2)27(23,24)20-11-14-9-19(22)21(12-14)15-6-4-5-7-15/h8,10,14-15,20H,4-7,9,11-12H2,1-3H3/t14-/m0/s1. The van der Waals surface area contributed by atoms with E-state index in [1.807, 2.05) is 11.8 Å². The van der Waals surface area contributed by atoms with E-state index in [1.165, 1.54) is 33.1 Å². The fourth-order valence-electron chi connectivity index (χ4n) is 4.05. The molecule has 1 aliphatic carbocycles. The van der Waals surface area contributed by atoms with Crippen LogP contribution in [0.1, 0.15) is 37.7 Å². The quantitative estimate of drug-likeness (QED) is 0.763. The van der Waals surface area contributed by atoms with E-state index in [2.05, 4.69) is 4.72 Å². The van der Waals surface area contributed by atoms with Crippen molar-refractivity contribution in [3.8, 4) is 11.5 Å². The van der Waals surface area contributed by atoms with Crippen LogP contribution in [-0.4, -0.2) is 52.6 Å². The molecule has 1 aliphatic heterocycles. The van der Waals surface area contributed by atoms with E-state index in [9.17, 15) is 13.2 Å². The SMILES string of the molecule is COc1cc(S(=O)(=O)NC[C@@H]2CC(=O)N(C3CCCC3)C2)c(OC)cc1C. The fourth-order valence-corrected chi connectivity index (χ4v) is 5.33. The Balaban J connectivity index is 1.69. The molecule has 0 radical (unpaired) electrons. The molecule has 1 heterocycles. The first-order valence-corrected chi connectivity index (χ1v) is 10.9. The first-order valence-electron chi connectivity index (χ1n) is 9.37. The number of sulfonamides is 1. The molecule has 0 aromatic heterocycles. The second-order valence-corrected chi connectivity index (χ2v) is 9.11. The van der Waals surface area contributed by atoms with Gasteiger partial charge in [-0.3, -0.25) is 4.79 Å². The predicted molar refractivity (Wildman–Crippen MR) is 102 cm³/mol. The molecule has 2 fully saturated rings. The molecule has 27 heavy (non-hydrogen) atoms. The van der Waals surface area contributed by atoms with E-state index in [0.717, 1.165) is 18.4 Å². The molecule has 150 valence electrons. The van der Waals surface area contributed by atoms with Crippen LogP contribution in [0.4, 0.5) is 0 Å². The highest BCUT2D eigenvalue weighted by molar-refractivity contribution is 7.89. The van der Waals surface area contributed by atoms with Crippen molar-refractivity contribution in [3.63, 3.8) is 0 Å². The van der Waals surface area contributed by atoms with E-state index < -0.39 is 10.0 Å². The van der Waals surface area contributed by atoms with E-state index >= 15 is 0 Å². The van der Waals surface area contributed by atoms with Gasteiger partial charge in [0.15, 0.2) is 0 Å². The Labute approximate surface area is 161 Å². The number of amides is 1. The normalized spacial score (nSPS) is 21.1. The van der Waals surface area contributed by atoms with Gasteiger partial charge in [-0.2, -0.15) is 0 Å². The molecule has 1 saturated heterocycles. The lowest BCUT2D eigenvalue weighted by atomic mass is 10.1. The molecular formula is C19H28N2O5S. The number of hydrogen-bond donors (Lipinski definition) is 1. The summed E-state index contributed by atoms with van der Waals surface area (Å²) in [4.78, 5) is 14.3. The number of benzene rings is 1. The summed E-state index contributed by atoms with van der Waals surface area (Å²) >= 11 is 0. The summed E-state index contributed by atoms with van der Waals surface area (Å²) in [7, 11) is -0.838.